The summed E-state index contributed by atoms with van der Waals surface area (Å²) in [6.45, 7) is 2.03. The van der Waals surface area contributed by atoms with Gasteiger partial charge in [-0.05, 0) is 31.5 Å². The van der Waals surface area contributed by atoms with E-state index in [4.69, 9.17) is 4.74 Å². The molecule has 1 aliphatic rings. The summed E-state index contributed by atoms with van der Waals surface area (Å²) in [5.41, 5.74) is 0. The second-order valence-electron chi connectivity index (χ2n) is 3.77. The van der Waals surface area contributed by atoms with E-state index in [1.165, 1.54) is 6.42 Å². The maximum Gasteiger partial charge on any atom is 0.119 e. The van der Waals surface area contributed by atoms with Gasteiger partial charge in [-0.15, -0.1) is 0 Å². The molecule has 1 unspecified atom stereocenters. The van der Waals surface area contributed by atoms with Gasteiger partial charge in [-0.2, -0.15) is 0 Å². The number of likely N-dealkylation sites (tertiary alicyclic amines) is 1. The lowest BCUT2D eigenvalue weighted by Crippen LogP contribution is -2.37. The molecule has 0 amide bonds. The van der Waals surface area contributed by atoms with Gasteiger partial charge in [-0.25, -0.2) is 0 Å². The Morgan fingerprint density at radius 2 is 2.07 bits per heavy atom. The van der Waals surface area contributed by atoms with Crippen molar-refractivity contribution >= 4 is 0 Å². The monoisotopic (exact) mass is 190 g/mol. The predicted molar refractivity (Wildman–Crippen MR) is 57.0 cm³/mol. The first-order chi connectivity index (χ1) is 6.84. The maximum atomic E-state index is 5.84. The van der Waals surface area contributed by atoms with Crippen LogP contribution in [0.2, 0.25) is 0 Å². The first kappa shape index (κ1) is 9.53. The molecule has 14 heavy (non-hydrogen) atoms. The second-order valence-corrected chi connectivity index (χ2v) is 3.77. The van der Waals surface area contributed by atoms with Crippen LogP contribution in [-0.2, 0) is 0 Å². The predicted octanol–water partition coefficient (Wildman–Crippen LogP) is 2.32. The van der Waals surface area contributed by atoms with Crippen LogP contribution in [0.25, 0.3) is 0 Å². The highest BCUT2D eigenvalue weighted by Gasteiger charge is 2.15. The van der Waals surface area contributed by atoms with Crippen molar-refractivity contribution in [2.75, 3.05) is 13.1 Å². The van der Waals surface area contributed by atoms with Gasteiger partial charge in [0, 0.05) is 6.54 Å². The SMILES string of the molecule is [CH2-]N1CCCC(Oc2ccccc2)C1. The van der Waals surface area contributed by atoms with Crippen molar-refractivity contribution in [3.63, 3.8) is 0 Å². The van der Waals surface area contributed by atoms with Crippen LogP contribution in [0.4, 0.5) is 0 Å². The van der Waals surface area contributed by atoms with Crippen molar-refractivity contribution < 1.29 is 4.74 Å². The zero-order chi connectivity index (χ0) is 9.80. The van der Waals surface area contributed by atoms with E-state index in [0.717, 1.165) is 25.3 Å². The molecule has 1 saturated heterocycles. The standard InChI is InChI=1S/C12H16NO/c1-13-9-5-8-12(10-13)14-11-6-3-2-4-7-11/h2-4,6-7,12H,1,5,8-10H2/q-1. The van der Waals surface area contributed by atoms with E-state index >= 15 is 0 Å². The molecule has 0 radical (unpaired) electrons. The van der Waals surface area contributed by atoms with Crippen molar-refractivity contribution in [1.82, 2.24) is 4.90 Å². The Labute approximate surface area is 85.5 Å². The number of hydrogen-bond acceptors (Lipinski definition) is 2. The molecule has 2 nitrogen and oxygen atoms in total. The molecule has 0 N–H and O–H groups in total. The Morgan fingerprint density at radius 1 is 1.29 bits per heavy atom. The lowest BCUT2D eigenvalue weighted by Gasteiger charge is -2.35. The highest BCUT2D eigenvalue weighted by atomic mass is 16.5. The van der Waals surface area contributed by atoms with Crippen LogP contribution >= 0.6 is 0 Å². The van der Waals surface area contributed by atoms with Gasteiger partial charge in [0.05, 0.1) is 0 Å². The summed E-state index contributed by atoms with van der Waals surface area (Å²) in [6, 6.07) is 10.0. The van der Waals surface area contributed by atoms with Crippen LogP contribution < -0.4 is 4.74 Å². The fourth-order valence-electron chi connectivity index (χ4n) is 1.80. The van der Waals surface area contributed by atoms with Crippen molar-refractivity contribution in [3.05, 3.63) is 37.4 Å². The first-order valence-electron chi connectivity index (χ1n) is 5.12. The second kappa shape index (κ2) is 4.47. The molecule has 1 heterocycles. The molecule has 76 valence electrons. The molecule has 1 atom stereocenters. The van der Waals surface area contributed by atoms with Crippen LogP contribution in [0.15, 0.2) is 30.3 Å². The van der Waals surface area contributed by atoms with Crippen LogP contribution in [0.1, 0.15) is 12.8 Å². The van der Waals surface area contributed by atoms with Crippen LogP contribution in [0.3, 0.4) is 0 Å². The van der Waals surface area contributed by atoms with Gasteiger partial charge >= 0.3 is 0 Å². The first-order valence-corrected chi connectivity index (χ1v) is 5.12. The Bertz CT molecular complexity index is 273. The number of benzene rings is 1. The third-order valence-corrected chi connectivity index (χ3v) is 2.51. The Balaban J connectivity index is 1.91. The van der Waals surface area contributed by atoms with Gasteiger partial charge in [-0.1, -0.05) is 18.2 Å². The highest BCUT2D eigenvalue weighted by molar-refractivity contribution is 5.21. The topological polar surface area (TPSA) is 12.5 Å². The van der Waals surface area contributed by atoms with E-state index in [1.807, 2.05) is 30.3 Å². The van der Waals surface area contributed by atoms with Crippen LogP contribution in [0, 0.1) is 7.05 Å². The lowest BCUT2D eigenvalue weighted by atomic mass is 10.1. The van der Waals surface area contributed by atoms with E-state index < -0.39 is 0 Å². The molecule has 0 bridgehead atoms. The molecule has 1 aromatic carbocycles. The van der Waals surface area contributed by atoms with Crippen LogP contribution in [-0.4, -0.2) is 24.1 Å². The minimum Gasteiger partial charge on any atom is -0.489 e. The van der Waals surface area contributed by atoms with E-state index in [2.05, 4.69) is 11.9 Å². The molecule has 1 aromatic rings. The van der Waals surface area contributed by atoms with E-state index in [0.29, 0.717) is 6.10 Å². The molecule has 1 aliphatic heterocycles. The van der Waals surface area contributed by atoms with Gasteiger partial charge in [0.25, 0.3) is 0 Å². The van der Waals surface area contributed by atoms with Crippen molar-refractivity contribution in [2.24, 2.45) is 0 Å². The Morgan fingerprint density at radius 3 is 2.79 bits per heavy atom. The van der Waals surface area contributed by atoms with Crippen molar-refractivity contribution in [3.8, 4) is 5.75 Å². The van der Waals surface area contributed by atoms with Gasteiger partial charge in [0.15, 0.2) is 0 Å². The number of piperidine rings is 1. The average Bonchev–Trinajstić information content (AvgIpc) is 2.19. The Hall–Kier alpha value is -1.02. The fourth-order valence-corrected chi connectivity index (χ4v) is 1.80. The largest absolute Gasteiger partial charge is 0.489 e. The summed E-state index contributed by atoms with van der Waals surface area (Å²) in [5.74, 6) is 0.966. The smallest absolute Gasteiger partial charge is 0.119 e. The number of para-hydroxylation sites is 1. The molecule has 0 aromatic heterocycles. The fraction of sp³-hybridized carbons (Fsp3) is 0.417. The average molecular weight is 190 g/mol. The summed E-state index contributed by atoms with van der Waals surface area (Å²) in [6.07, 6.45) is 2.63. The van der Waals surface area contributed by atoms with Crippen molar-refractivity contribution in [2.45, 2.75) is 18.9 Å². The van der Waals surface area contributed by atoms with Crippen molar-refractivity contribution in [1.29, 1.82) is 0 Å². The number of hydrogen-bond donors (Lipinski definition) is 0. The van der Waals surface area contributed by atoms with Gasteiger partial charge in [0.2, 0.25) is 0 Å². The molecule has 0 spiro atoms. The minimum atomic E-state index is 0.309. The number of rotatable bonds is 2. The molecule has 2 rings (SSSR count). The van der Waals surface area contributed by atoms with E-state index in [1.54, 1.807) is 0 Å². The summed E-state index contributed by atoms with van der Waals surface area (Å²) in [7, 11) is 3.94. The van der Waals surface area contributed by atoms with E-state index in [-0.39, 0.29) is 0 Å². The third-order valence-electron chi connectivity index (χ3n) is 2.51. The summed E-state index contributed by atoms with van der Waals surface area (Å²) in [4.78, 5) is 2.08. The number of nitrogens with zero attached hydrogens (tertiary/aromatic N) is 1. The summed E-state index contributed by atoms with van der Waals surface area (Å²) in [5, 5.41) is 0. The number of ether oxygens (including phenoxy) is 1. The van der Waals surface area contributed by atoms with Crippen LogP contribution in [0.5, 0.6) is 5.75 Å². The van der Waals surface area contributed by atoms with E-state index in [9.17, 15) is 0 Å². The lowest BCUT2D eigenvalue weighted by molar-refractivity contribution is 0.113. The van der Waals surface area contributed by atoms with Gasteiger partial charge in [-0.3, -0.25) is 7.05 Å². The summed E-state index contributed by atoms with van der Waals surface area (Å²) < 4.78 is 5.84. The molecule has 2 heteroatoms. The van der Waals surface area contributed by atoms with Gasteiger partial charge < -0.3 is 9.64 Å². The molecular weight excluding hydrogens is 174 g/mol. The summed E-state index contributed by atoms with van der Waals surface area (Å²) >= 11 is 0. The zero-order valence-corrected chi connectivity index (χ0v) is 8.36. The maximum absolute atomic E-state index is 5.84. The molecule has 0 aliphatic carbocycles. The highest BCUT2D eigenvalue weighted by Crippen LogP contribution is 2.17. The third kappa shape index (κ3) is 2.48. The molecular formula is C12H16NO-. The normalized spacial score (nSPS) is 23.4. The Kier molecular flexibility index (Phi) is 3.04. The molecule has 1 fully saturated rings. The minimum absolute atomic E-state index is 0.309. The molecule has 0 saturated carbocycles. The van der Waals surface area contributed by atoms with Gasteiger partial charge in [0.1, 0.15) is 11.9 Å². The zero-order valence-electron chi connectivity index (χ0n) is 8.36. The quantitative estimate of drug-likeness (QED) is 0.664.